The first-order chi connectivity index (χ1) is 16.2. The molecular formula is C24H32N4O6S. The summed E-state index contributed by atoms with van der Waals surface area (Å²) >= 11 is 0. The molecule has 10 nitrogen and oxygen atoms in total. The van der Waals surface area contributed by atoms with Gasteiger partial charge in [-0.3, -0.25) is 24.0 Å². The fourth-order valence-corrected chi connectivity index (χ4v) is 4.26. The average molecular weight is 505 g/mol. The number of hydrogen-bond acceptors (Lipinski definition) is 6. The van der Waals surface area contributed by atoms with Crippen LogP contribution in [-0.4, -0.2) is 61.0 Å². The highest BCUT2D eigenvalue weighted by atomic mass is 32.2. The quantitative estimate of drug-likeness (QED) is 0.391. The van der Waals surface area contributed by atoms with E-state index < -0.39 is 39.0 Å². The van der Waals surface area contributed by atoms with Crippen molar-refractivity contribution < 1.29 is 22.9 Å². The third-order valence-corrected chi connectivity index (χ3v) is 6.30. The Hall–Kier alpha value is -3.47. The van der Waals surface area contributed by atoms with E-state index >= 15 is 0 Å². The third kappa shape index (κ3) is 8.36. The lowest BCUT2D eigenvalue weighted by Gasteiger charge is -2.33. The summed E-state index contributed by atoms with van der Waals surface area (Å²) in [6.45, 7) is 6.61. The molecule has 0 saturated carbocycles. The van der Waals surface area contributed by atoms with Crippen LogP contribution in [0, 0.1) is 10.1 Å². The number of carbonyl (C=O) groups is 2. The Kier molecular flexibility index (Phi) is 8.97. The van der Waals surface area contributed by atoms with E-state index in [1.165, 1.54) is 23.1 Å². The topological polar surface area (TPSA) is 130 Å². The third-order valence-electron chi connectivity index (χ3n) is 5.16. The maximum atomic E-state index is 13.4. The SMILES string of the molecule is CC(C(=O)NC(C)(C)C)N(CCc1ccccc1)C(=O)CN(c1cccc([N+](=O)[O-])c1)S(C)(=O)=O. The van der Waals surface area contributed by atoms with E-state index in [1.807, 2.05) is 51.1 Å². The van der Waals surface area contributed by atoms with Gasteiger partial charge in [-0.2, -0.15) is 0 Å². The Labute approximate surface area is 206 Å². The molecule has 1 N–H and O–H groups in total. The van der Waals surface area contributed by atoms with Gasteiger partial charge in [0.1, 0.15) is 12.6 Å². The number of nitro groups is 1. The van der Waals surface area contributed by atoms with Crippen molar-refractivity contribution in [2.75, 3.05) is 23.7 Å². The van der Waals surface area contributed by atoms with Crippen molar-refractivity contribution in [2.24, 2.45) is 0 Å². The molecule has 35 heavy (non-hydrogen) atoms. The molecule has 2 rings (SSSR count). The van der Waals surface area contributed by atoms with E-state index in [0.717, 1.165) is 22.2 Å². The summed E-state index contributed by atoms with van der Waals surface area (Å²) in [7, 11) is -3.97. The molecule has 0 aliphatic rings. The van der Waals surface area contributed by atoms with Crippen LogP contribution in [0.4, 0.5) is 11.4 Å². The van der Waals surface area contributed by atoms with Crippen molar-refractivity contribution in [1.29, 1.82) is 0 Å². The zero-order chi connectivity index (χ0) is 26.4. The fraction of sp³-hybridized carbons (Fsp3) is 0.417. The van der Waals surface area contributed by atoms with Crippen LogP contribution in [0.1, 0.15) is 33.3 Å². The summed E-state index contributed by atoms with van der Waals surface area (Å²) < 4.78 is 25.9. The van der Waals surface area contributed by atoms with Crippen LogP contribution in [0.15, 0.2) is 54.6 Å². The number of nitrogens with zero attached hydrogens (tertiary/aromatic N) is 3. The first kappa shape index (κ1) is 27.8. The highest BCUT2D eigenvalue weighted by Gasteiger charge is 2.31. The molecule has 11 heteroatoms. The Morgan fingerprint density at radius 1 is 1.09 bits per heavy atom. The van der Waals surface area contributed by atoms with Crippen LogP contribution in [0.3, 0.4) is 0 Å². The molecule has 0 heterocycles. The maximum Gasteiger partial charge on any atom is 0.271 e. The van der Waals surface area contributed by atoms with Crippen molar-refractivity contribution >= 4 is 33.2 Å². The number of rotatable bonds is 10. The Morgan fingerprint density at radius 2 is 1.71 bits per heavy atom. The summed E-state index contributed by atoms with van der Waals surface area (Å²) in [6, 6.07) is 13.6. The van der Waals surface area contributed by atoms with Crippen molar-refractivity contribution in [1.82, 2.24) is 10.2 Å². The number of carbonyl (C=O) groups excluding carboxylic acids is 2. The number of benzene rings is 2. The smallest absolute Gasteiger partial charge is 0.271 e. The highest BCUT2D eigenvalue weighted by Crippen LogP contribution is 2.23. The molecule has 2 aromatic carbocycles. The minimum atomic E-state index is -3.97. The number of sulfonamides is 1. The molecule has 0 aliphatic heterocycles. The zero-order valence-electron chi connectivity index (χ0n) is 20.6. The lowest BCUT2D eigenvalue weighted by atomic mass is 10.1. The van der Waals surface area contributed by atoms with Crippen molar-refractivity contribution in [2.45, 2.75) is 45.7 Å². The summed E-state index contributed by atoms with van der Waals surface area (Å²) in [5.41, 5.74) is 0.112. The predicted molar refractivity (Wildman–Crippen MR) is 135 cm³/mol. The monoisotopic (exact) mass is 504 g/mol. The summed E-state index contributed by atoms with van der Waals surface area (Å²) in [4.78, 5) is 38.2. The van der Waals surface area contributed by atoms with Gasteiger partial charge in [0.05, 0.1) is 16.9 Å². The van der Waals surface area contributed by atoms with Gasteiger partial charge in [0.25, 0.3) is 5.69 Å². The molecule has 0 aliphatic carbocycles. The van der Waals surface area contributed by atoms with Gasteiger partial charge in [-0.25, -0.2) is 8.42 Å². The maximum absolute atomic E-state index is 13.4. The summed E-state index contributed by atoms with van der Waals surface area (Å²) in [5, 5.41) is 14.0. The van der Waals surface area contributed by atoms with Gasteiger partial charge in [-0.15, -0.1) is 0 Å². The molecular weight excluding hydrogens is 472 g/mol. The number of anilines is 1. The van der Waals surface area contributed by atoms with Gasteiger partial charge in [0.2, 0.25) is 21.8 Å². The van der Waals surface area contributed by atoms with E-state index in [9.17, 15) is 28.1 Å². The van der Waals surface area contributed by atoms with Crippen molar-refractivity contribution in [3.63, 3.8) is 0 Å². The molecule has 2 amide bonds. The molecule has 0 spiro atoms. The van der Waals surface area contributed by atoms with E-state index in [0.29, 0.717) is 6.42 Å². The van der Waals surface area contributed by atoms with Crippen LogP contribution < -0.4 is 9.62 Å². The van der Waals surface area contributed by atoms with E-state index in [-0.39, 0.29) is 23.8 Å². The van der Waals surface area contributed by atoms with Crippen LogP contribution >= 0.6 is 0 Å². The molecule has 1 atom stereocenters. The first-order valence-corrected chi connectivity index (χ1v) is 12.9. The molecule has 0 aromatic heterocycles. The second-order valence-corrected chi connectivity index (χ2v) is 11.2. The number of nitro benzene ring substituents is 1. The van der Waals surface area contributed by atoms with E-state index in [2.05, 4.69) is 5.32 Å². The molecule has 1 unspecified atom stereocenters. The Balaban J connectivity index is 2.37. The first-order valence-electron chi connectivity index (χ1n) is 11.1. The lowest BCUT2D eigenvalue weighted by Crippen LogP contribution is -2.55. The molecule has 0 bridgehead atoms. The molecule has 0 fully saturated rings. The van der Waals surface area contributed by atoms with Gasteiger partial charge in [0, 0.05) is 24.2 Å². The normalized spacial score (nSPS) is 12.5. The van der Waals surface area contributed by atoms with E-state index in [1.54, 1.807) is 6.92 Å². The second kappa shape index (κ2) is 11.3. The predicted octanol–water partition coefficient (Wildman–Crippen LogP) is 2.74. The fourth-order valence-electron chi connectivity index (χ4n) is 3.42. The van der Waals surface area contributed by atoms with Gasteiger partial charge >= 0.3 is 0 Å². The zero-order valence-corrected chi connectivity index (χ0v) is 21.4. The number of nitrogens with one attached hydrogen (secondary N) is 1. The Morgan fingerprint density at radius 3 is 2.26 bits per heavy atom. The number of hydrogen-bond donors (Lipinski definition) is 1. The Bertz CT molecular complexity index is 1160. The molecule has 190 valence electrons. The van der Waals surface area contributed by atoms with Crippen LogP contribution in [0.25, 0.3) is 0 Å². The summed E-state index contributed by atoms with van der Waals surface area (Å²) in [6.07, 6.45) is 1.37. The van der Waals surface area contributed by atoms with Crippen LogP contribution in [-0.2, 0) is 26.0 Å². The van der Waals surface area contributed by atoms with Gasteiger partial charge in [-0.1, -0.05) is 36.4 Å². The minimum absolute atomic E-state index is 0.00939. The summed E-state index contributed by atoms with van der Waals surface area (Å²) in [5.74, 6) is -0.977. The largest absolute Gasteiger partial charge is 0.350 e. The molecule has 0 radical (unpaired) electrons. The van der Waals surface area contributed by atoms with Gasteiger partial charge < -0.3 is 10.2 Å². The standard InChI is InChI=1S/C24H32N4O6S/c1-18(23(30)25-24(2,3)4)26(15-14-19-10-7-6-8-11-19)22(29)17-27(35(5,33)34)20-12-9-13-21(16-20)28(31)32/h6-13,16,18H,14-15,17H2,1-5H3,(H,25,30). The van der Waals surface area contributed by atoms with Gasteiger partial charge in [-0.05, 0) is 45.7 Å². The average Bonchev–Trinajstić information content (AvgIpc) is 2.76. The van der Waals surface area contributed by atoms with Crippen molar-refractivity contribution in [3.8, 4) is 0 Å². The van der Waals surface area contributed by atoms with Crippen LogP contribution in [0.2, 0.25) is 0 Å². The molecule has 0 saturated heterocycles. The van der Waals surface area contributed by atoms with Crippen molar-refractivity contribution in [3.05, 3.63) is 70.3 Å². The minimum Gasteiger partial charge on any atom is -0.350 e. The number of non-ortho nitro benzene ring substituents is 1. The highest BCUT2D eigenvalue weighted by molar-refractivity contribution is 7.92. The van der Waals surface area contributed by atoms with E-state index in [4.69, 9.17) is 0 Å². The molecule has 2 aromatic rings. The lowest BCUT2D eigenvalue weighted by molar-refractivity contribution is -0.384. The second-order valence-electron chi connectivity index (χ2n) is 9.28. The van der Waals surface area contributed by atoms with Gasteiger partial charge in [0.15, 0.2) is 0 Å². The number of amides is 2. The van der Waals surface area contributed by atoms with Crippen LogP contribution in [0.5, 0.6) is 0 Å².